The first-order valence-electron chi connectivity index (χ1n) is 7.72. The number of halogens is 3. The van der Waals surface area contributed by atoms with Gasteiger partial charge in [0.25, 0.3) is 0 Å². The summed E-state index contributed by atoms with van der Waals surface area (Å²) in [5.74, 6) is -0.210. The Bertz CT molecular complexity index is 799. The fourth-order valence-electron chi connectivity index (χ4n) is 2.19. The van der Waals surface area contributed by atoms with Crippen molar-refractivity contribution in [3.63, 3.8) is 0 Å². The molecule has 6 nitrogen and oxygen atoms in total. The first-order chi connectivity index (χ1) is 12.4. The number of ether oxygens (including phenoxy) is 1. The molecule has 1 N–H and O–H groups in total. The van der Waals surface area contributed by atoms with E-state index in [2.05, 4.69) is 20.4 Å². The first kappa shape index (κ1) is 20.0. The van der Waals surface area contributed by atoms with Crippen LogP contribution in [0.3, 0.4) is 0 Å². The maximum Gasteiger partial charge on any atom is 0.237 e. The Morgan fingerprint density at radius 2 is 1.92 bits per heavy atom. The lowest BCUT2D eigenvalue weighted by atomic mass is 10.3. The van der Waals surface area contributed by atoms with E-state index >= 15 is 0 Å². The molecule has 2 heterocycles. The molecule has 0 bridgehead atoms. The van der Waals surface area contributed by atoms with Crippen molar-refractivity contribution in [3.8, 4) is 0 Å². The number of benzene rings is 1. The van der Waals surface area contributed by atoms with Gasteiger partial charge in [0.2, 0.25) is 11.0 Å². The number of nitrogens with zero attached hydrogens (tertiary/aromatic N) is 3. The zero-order valence-corrected chi connectivity index (χ0v) is 17.6. The number of amides is 1. The van der Waals surface area contributed by atoms with Crippen molar-refractivity contribution in [2.75, 3.05) is 36.5 Å². The van der Waals surface area contributed by atoms with Gasteiger partial charge in [-0.25, -0.2) is 0 Å². The van der Waals surface area contributed by atoms with Gasteiger partial charge in [-0.05, 0) is 19.1 Å². The number of hydrogen-bond acceptors (Lipinski definition) is 7. The van der Waals surface area contributed by atoms with Crippen molar-refractivity contribution in [1.82, 2.24) is 10.2 Å². The van der Waals surface area contributed by atoms with Gasteiger partial charge in [0.1, 0.15) is 0 Å². The number of anilines is 2. The summed E-state index contributed by atoms with van der Waals surface area (Å²) in [5, 5.41) is 12.6. The average Bonchev–Trinajstić information content (AvgIpc) is 3.09. The molecule has 0 spiro atoms. The lowest BCUT2D eigenvalue weighted by Crippen LogP contribution is -2.36. The number of thioether (sulfide) groups is 1. The third kappa shape index (κ3) is 4.94. The van der Waals surface area contributed by atoms with Gasteiger partial charge in [-0.1, -0.05) is 57.9 Å². The molecule has 26 heavy (non-hydrogen) atoms. The van der Waals surface area contributed by atoms with Crippen LogP contribution in [0.1, 0.15) is 6.92 Å². The molecule has 1 aliphatic heterocycles. The van der Waals surface area contributed by atoms with E-state index in [1.165, 1.54) is 35.2 Å². The predicted molar refractivity (Wildman–Crippen MR) is 108 cm³/mol. The van der Waals surface area contributed by atoms with Crippen molar-refractivity contribution in [2.24, 2.45) is 0 Å². The highest BCUT2D eigenvalue weighted by Crippen LogP contribution is 2.34. The second-order valence-corrected chi connectivity index (χ2v) is 9.21. The maximum atomic E-state index is 12.4. The molecular weight excluding hydrogens is 439 g/mol. The summed E-state index contributed by atoms with van der Waals surface area (Å²) in [7, 11) is 0. The van der Waals surface area contributed by atoms with E-state index in [1.54, 1.807) is 6.92 Å². The summed E-state index contributed by atoms with van der Waals surface area (Å²) in [4.78, 5) is 14.6. The van der Waals surface area contributed by atoms with Crippen molar-refractivity contribution in [1.29, 1.82) is 0 Å². The number of carbonyl (C=O) groups is 1. The van der Waals surface area contributed by atoms with Gasteiger partial charge >= 0.3 is 0 Å². The number of carbonyl (C=O) groups excluding carboxylic acids is 1. The summed E-state index contributed by atoms with van der Waals surface area (Å²) in [5.41, 5.74) is 0.421. The molecule has 1 aromatic heterocycles. The highest BCUT2D eigenvalue weighted by Gasteiger charge is 2.21. The molecule has 1 amide bonds. The fraction of sp³-hybridized carbons (Fsp3) is 0.400. The van der Waals surface area contributed by atoms with Crippen molar-refractivity contribution in [2.45, 2.75) is 16.5 Å². The quantitative estimate of drug-likeness (QED) is 0.533. The average molecular weight is 454 g/mol. The molecule has 11 heteroatoms. The van der Waals surface area contributed by atoms with E-state index in [-0.39, 0.29) is 11.2 Å². The first-order valence-corrected chi connectivity index (χ1v) is 10.6. The van der Waals surface area contributed by atoms with Crippen LogP contribution in [-0.2, 0) is 9.53 Å². The number of rotatable bonds is 5. The minimum absolute atomic E-state index is 0.210. The van der Waals surface area contributed by atoms with Crippen LogP contribution in [-0.4, -0.2) is 47.7 Å². The smallest absolute Gasteiger partial charge is 0.237 e. The van der Waals surface area contributed by atoms with Gasteiger partial charge in [0.15, 0.2) is 4.34 Å². The second kappa shape index (κ2) is 8.95. The Labute approximate surface area is 174 Å². The van der Waals surface area contributed by atoms with Crippen LogP contribution >= 0.6 is 57.9 Å². The molecule has 0 aliphatic carbocycles. The molecule has 1 unspecified atom stereocenters. The van der Waals surface area contributed by atoms with Gasteiger partial charge in [-0.2, -0.15) is 0 Å². The fourth-order valence-corrected chi connectivity index (χ4v) is 4.82. The molecule has 0 radical (unpaired) electrons. The topological polar surface area (TPSA) is 67.3 Å². The molecular formula is C15H15Cl3N4O2S2. The zero-order valence-electron chi connectivity index (χ0n) is 13.7. The molecule has 3 rings (SSSR count). The summed E-state index contributed by atoms with van der Waals surface area (Å²) >= 11 is 20.8. The van der Waals surface area contributed by atoms with E-state index in [4.69, 9.17) is 39.5 Å². The maximum absolute atomic E-state index is 12.4. The molecule has 1 atom stereocenters. The van der Waals surface area contributed by atoms with Crippen LogP contribution in [0.4, 0.5) is 10.8 Å². The third-order valence-corrected chi connectivity index (χ3v) is 6.80. The van der Waals surface area contributed by atoms with Gasteiger partial charge in [0, 0.05) is 13.1 Å². The molecule has 140 valence electrons. The highest BCUT2D eigenvalue weighted by atomic mass is 35.5. The summed E-state index contributed by atoms with van der Waals surface area (Å²) in [6.07, 6.45) is 0. The summed E-state index contributed by atoms with van der Waals surface area (Å²) in [6, 6.07) is 3.03. The Morgan fingerprint density at radius 3 is 2.65 bits per heavy atom. The van der Waals surface area contributed by atoms with Gasteiger partial charge in [-0.15, -0.1) is 10.2 Å². The largest absolute Gasteiger partial charge is 0.378 e. The zero-order chi connectivity index (χ0) is 18.7. The molecule has 0 saturated carbocycles. The Morgan fingerprint density at radius 1 is 1.23 bits per heavy atom. The monoisotopic (exact) mass is 452 g/mol. The lowest BCUT2D eigenvalue weighted by molar-refractivity contribution is -0.115. The van der Waals surface area contributed by atoms with Crippen molar-refractivity contribution in [3.05, 3.63) is 27.2 Å². The van der Waals surface area contributed by atoms with Crippen LogP contribution in [0.15, 0.2) is 16.5 Å². The highest BCUT2D eigenvalue weighted by molar-refractivity contribution is 8.02. The van der Waals surface area contributed by atoms with Crippen LogP contribution in [0, 0.1) is 0 Å². The normalized spacial score (nSPS) is 15.8. The summed E-state index contributed by atoms with van der Waals surface area (Å²) in [6.45, 7) is 4.76. The van der Waals surface area contributed by atoms with E-state index < -0.39 is 0 Å². The van der Waals surface area contributed by atoms with Crippen LogP contribution in [0.25, 0.3) is 0 Å². The summed E-state index contributed by atoms with van der Waals surface area (Å²) < 4.78 is 6.07. The predicted octanol–water partition coefficient (Wildman–Crippen LogP) is 4.45. The van der Waals surface area contributed by atoms with E-state index in [0.29, 0.717) is 34.0 Å². The van der Waals surface area contributed by atoms with Crippen LogP contribution in [0.5, 0.6) is 0 Å². The minimum atomic E-state index is -0.383. The Hall–Kier alpha value is -0.770. The van der Waals surface area contributed by atoms with Crippen molar-refractivity contribution < 1.29 is 9.53 Å². The molecule has 1 saturated heterocycles. The van der Waals surface area contributed by atoms with E-state index in [9.17, 15) is 4.79 Å². The van der Waals surface area contributed by atoms with Crippen molar-refractivity contribution >= 4 is 74.6 Å². The number of hydrogen-bond donors (Lipinski definition) is 1. The lowest BCUT2D eigenvalue weighted by Gasteiger charge is -2.25. The Balaban J connectivity index is 1.61. The van der Waals surface area contributed by atoms with E-state index in [0.717, 1.165) is 22.6 Å². The molecule has 1 fully saturated rings. The van der Waals surface area contributed by atoms with E-state index in [1.807, 2.05) is 0 Å². The SMILES string of the molecule is CC(Sc1nnc(N2CCOCC2)s1)C(=O)Nc1cc(Cl)c(Cl)cc1Cl. The van der Waals surface area contributed by atoms with Gasteiger partial charge < -0.3 is 15.0 Å². The molecule has 1 aromatic carbocycles. The number of aromatic nitrogens is 2. The minimum Gasteiger partial charge on any atom is -0.378 e. The molecule has 1 aliphatic rings. The number of nitrogens with one attached hydrogen (secondary N) is 1. The number of morpholine rings is 1. The third-order valence-electron chi connectivity index (χ3n) is 3.59. The Kier molecular flexibility index (Phi) is 6.87. The second-order valence-electron chi connectivity index (χ2n) is 5.45. The standard InChI is InChI=1S/C15H15Cl3N4O2S2/c1-8(13(23)19-12-7-10(17)9(16)6-11(12)18)25-15-21-20-14(26-15)22-2-4-24-5-3-22/h6-8H,2-5H2,1H3,(H,19,23). The molecule has 2 aromatic rings. The van der Waals surface area contributed by atoms with Crippen LogP contribution < -0.4 is 10.2 Å². The van der Waals surface area contributed by atoms with Crippen LogP contribution in [0.2, 0.25) is 15.1 Å². The van der Waals surface area contributed by atoms with Gasteiger partial charge in [-0.3, -0.25) is 4.79 Å². The van der Waals surface area contributed by atoms with Gasteiger partial charge in [0.05, 0.1) is 39.2 Å².